The van der Waals surface area contributed by atoms with Gasteiger partial charge in [-0.25, -0.2) is 0 Å². The molecular formula is C16H22N2O3. The second kappa shape index (κ2) is 7.22. The van der Waals surface area contributed by atoms with Gasteiger partial charge in [0.2, 0.25) is 11.8 Å². The number of ether oxygens (including phenoxy) is 1. The van der Waals surface area contributed by atoms with E-state index < -0.39 is 12.1 Å². The lowest BCUT2D eigenvalue weighted by atomic mass is 9.98. The number of hydrogen-bond acceptors (Lipinski definition) is 3. The van der Waals surface area contributed by atoms with Crippen molar-refractivity contribution in [2.24, 2.45) is 0 Å². The number of carbonyl (C=O) groups is 2. The van der Waals surface area contributed by atoms with Crippen molar-refractivity contribution in [3.8, 4) is 0 Å². The number of benzene rings is 1. The SMILES string of the molecule is CCC1NC(=O)C(c2ccccc2)N(CCCOC)C1=O. The summed E-state index contributed by atoms with van der Waals surface area (Å²) < 4.78 is 5.05. The van der Waals surface area contributed by atoms with E-state index in [0.717, 1.165) is 12.0 Å². The van der Waals surface area contributed by atoms with E-state index in [-0.39, 0.29) is 11.8 Å². The Kier molecular flexibility index (Phi) is 5.33. The quantitative estimate of drug-likeness (QED) is 0.808. The highest BCUT2D eigenvalue weighted by Crippen LogP contribution is 2.26. The van der Waals surface area contributed by atoms with Crippen LogP contribution in [0.2, 0.25) is 0 Å². The molecule has 0 radical (unpaired) electrons. The van der Waals surface area contributed by atoms with Gasteiger partial charge in [0.15, 0.2) is 0 Å². The van der Waals surface area contributed by atoms with Crippen LogP contribution in [0.15, 0.2) is 30.3 Å². The third kappa shape index (κ3) is 3.42. The third-order valence-electron chi connectivity index (χ3n) is 3.73. The maximum absolute atomic E-state index is 12.6. The molecule has 1 aromatic carbocycles. The van der Waals surface area contributed by atoms with E-state index in [1.165, 1.54) is 0 Å². The van der Waals surface area contributed by atoms with Crippen LogP contribution in [0.5, 0.6) is 0 Å². The van der Waals surface area contributed by atoms with Gasteiger partial charge in [-0.15, -0.1) is 0 Å². The van der Waals surface area contributed by atoms with E-state index >= 15 is 0 Å². The first-order chi connectivity index (χ1) is 10.2. The van der Waals surface area contributed by atoms with E-state index in [9.17, 15) is 9.59 Å². The second-order valence-corrected chi connectivity index (χ2v) is 5.16. The Balaban J connectivity index is 2.25. The molecule has 1 aromatic rings. The minimum atomic E-state index is -0.543. The van der Waals surface area contributed by atoms with Gasteiger partial charge in [-0.1, -0.05) is 37.3 Å². The number of carbonyl (C=O) groups excluding carboxylic acids is 2. The van der Waals surface area contributed by atoms with E-state index in [1.807, 2.05) is 37.3 Å². The van der Waals surface area contributed by atoms with Crippen LogP contribution in [-0.2, 0) is 14.3 Å². The highest BCUT2D eigenvalue weighted by Gasteiger charge is 2.40. The van der Waals surface area contributed by atoms with Crippen molar-refractivity contribution in [1.29, 1.82) is 0 Å². The molecule has 1 aliphatic rings. The van der Waals surface area contributed by atoms with E-state index in [2.05, 4.69) is 5.32 Å². The molecule has 0 bridgehead atoms. The molecule has 21 heavy (non-hydrogen) atoms. The van der Waals surface area contributed by atoms with E-state index in [0.29, 0.717) is 19.6 Å². The van der Waals surface area contributed by atoms with Crippen LogP contribution in [-0.4, -0.2) is 43.0 Å². The zero-order valence-electron chi connectivity index (χ0n) is 12.5. The Morgan fingerprint density at radius 2 is 1.95 bits per heavy atom. The summed E-state index contributed by atoms with van der Waals surface area (Å²) in [6, 6.07) is 8.47. The Bertz CT molecular complexity index is 490. The maximum atomic E-state index is 12.6. The molecule has 2 rings (SSSR count). The standard InChI is InChI=1S/C16H22N2O3/c1-3-13-16(20)18(10-7-11-21-2)14(15(19)17-13)12-8-5-4-6-9-12/h4-6,8-9,13-14H,3,7,10-11H2,1-2H3,(H,17,19). The summed E-state index contributed by atoms with van der Waals surface area (Å²) in [5.41, 5.74) is 0.843. The number of hydrogen-bond donors (Lipinski definition) is 1. The Morgan fingerprint density at radius 3 is 2.57 bits per heavy atom. The number of rotatable bonds is 6. The first-order valence-corrected chi connectivity index (χ1v) is 7.33. The molecule has 1 N–H and O–H groups in total. The van der Waals surface area contributed by atoms with Gasteiger partial charge in [0, 0.05) is 20.3 Å². The van der Waals surface area contributed by atoms with Gasteiger partial charge in [0.05, 0.1) is 0 Å². The molecule has 0 saturated carbocycles. The van der Waals surface area contributed by atoms with Crippen molar-refractivity contribution in [2.75, 3.05) is 20.3 Å². The monoisotopic (exact) mass is 290 g/mol. The van der Waals surface area contributed by atoms with Crippen molar-refractivity contribution in [3.05, 3.63) is 35.9 Å². The van der Waals surface area contributed by atoms with Crippen molar-refractivity contribution >= 4 is 11.8 Å². The Morgan fingerprint density at radius 1 is 1.24 bits per heavy atom. The van der Waals surface area contributed by atoms with Crippen molar-refractivity contribution in [2.45, 2.75) is 31.8 Å². The van der Waals surface area contributed by atoms with E-state index in [4.69, 9.17) is 4.74 Å². The molecule has 1 heterocycles. The lowest BCUT2D eigenvalue weighted by Crippen LogP contribution is -2.59. The smallest absolute Gasteiger partial charge is 0.248 e. The molecular weight excluding hydrogens is 268 g/mol. The van der Waals surface area contributed by atoms with Gasteiger partial charge < -0.3 is 15.0 Å². The van der Waals surface area contributed by atoms with Crippen LogP contribution in [0, 0.1) is 0 Å². The van der Waals surface area contributed by atoms with E-state index in [1.54, 1.807) is 12.0 Å². The molecule has 0 aliphatic carbocycles. The summed E-state index contributed by atoms with van der Waals surface area (Å²) in [5.74, 6) is -0.118. The Labute approximate surface area is 125 Å². The van der Waals surface area contributed by atoms with Gasteiger partial charge in [0.1, 0.15) is 12.1 Å². The fourth-order valence-corrected chi connectivity index (χ4v) is 2.64. The molecule has 5 nitrogen and oxygen atoms in total. The van der Waals surface area contributed by atoms with Crippen LogP contribution in [0.4, 0.5) is 0 Å². The van der Waals surface area contributed by atoms with Gasteiger partial charge in [-0.05, 0) is 18.4 Å². The molecule has 0 aromatic heterocycles. The van der Waals surface area contributed by atoms with Gasteiger partial charge >= 0.3 is 0 Å². The van der Waals surface area contributed by atoms with Crippen molar-refractivity contribution in [1.82, 2.24) is 10.2 Å². The molecule has 1 saturated heterocycles. The highest BCUT2D eigenvalue weighted by molar-refractivity contribution is 5.97. The minimum absolute atomic E-state index is 0.0120. The Hall–Kier alpha value is -1.88. The molecule has 5 heteroatoms. The molecule has 2 unspecified atom stereocenters. The fraction of sp³-hybridized carbons (Fsp3) is 0.500. The summed E-state index contributed by atoms with van der Waals surface area (Å²) in [6.45, 7) is 3.00. The average molecular weight is 290 g/mol. The van der Waals surface area contributed by atoms with Gasteiger partial charge in [-0.2, -0.15) is 0 Å². The largest absolute Gasteiger partial charge is 0.385 e. The van der Waals surface area contributed by atoms with Gasteiger partial charge in [0.25, 0.3) is 0 Å². The fourth-order valence-electron chi connectivity index (χ4n) is 2.64. The highest BCUT2D eigenvalue weighted by atomic mass is 16.5. The predicted molar refractivity (Wildman–Crippen MR) is 79.6 cm³/mol. The van der Waals surface area contributed by atoms with Crippen LogP contribution in [0.25, 0.3) is 0 Å². The number of methoxy groups -OCH3 is 1. The zero-order chi connectivity index (χ0) is 15.2. The first kappa shape index (κ1) is 15.5. The number of nitrogens with one attached hydrogen (secondary N) is 1. The number of piperazine rings is 1. The molecule has 1 aliphatic heterocycles. The van der Waals surface area contributed by atoms with Crippen LogP contribution in [0.3, 0.4) is 0 Å². The number of amides is 2. The van der Waals surface area contributed by atoms with Crippen molar-refractivity contribution in [3.63, 3.8) is 0 Å². The third-order valence-corrected chi connectivity index (χ3v) is 3.73. The van der Waals surface area contributed by atoms with Crippen molar-refractivity contribution < 1.29 is 14.3 Å². The molecule has 2 amide bonds. The first-order valence-electron chi connectivity index (χ1n) is 7.33. The van der Waals surface area contributed by atoms with Crippen LogP contribution < -0.4 is 5.32 Å². The molecule has 0 spiro atoms. The lowest BCUT2D eigenvalue weighted by Gasteiger charge is -2.39. The van der Waals surface area contributed by atoms with Crippen LogP contribution in [0.1, 0.15) is 31.4 Å². The lowest BCUT2D eigenvalue weighted by molar-refractivity contribution is -0.150. The average Bonchev–Trinajstić information content (AvgIpc) is 2.51. The van der Waals surface area contributed by atoms with Crippen LogP contribution >= 0.6 is 0 Å². The molecule has 1 fully saturated rings. The second-order valence-electron chi connectivity index (χ2n) is 5.16. The predicted octanol–water partition coefficient (Wildman–Crippen LogP) is 1.50. The molecule has 2 atom stereocenters. The summed E-state index contributed by atoms with van der Waals surface area (Å²) >= 11 is 0. The molecule has 114 valence electrons. The zero-order valence-corrected chi connectivity index (χ0v) is 12.5. The maximum Gasteiger partial charge on any atom is 0.248 e. The minimum Gasteiger partial charge on any atom is -0.385 e. The van der Waals surface area contributed by atoms with Gasteiger partial charge in [-0.3, -0.25) is 9.59 Å². The topological polar surface area (TPSA) is 58.6 Å². The normalized spacial score (nSPS) is 22.3. The summed E-state index contributed by atoms with van der Waals surface area (Å²) in [4.78, 5) is 26.6. The summed E-state index contributed by atoms with van der Waals surface area (Å²) in [6.07, 6.45) is 1.32. The summed E-state index contributed by atoms with van der Waals surface area (Å²) in [7, 11) is 1.63. The number of nitrogens with zero attached hydrogens (tertiary/aromatic N) is 1. The summed E-state index contributed by atoms with van der Waals surface area (Å²) in [5, 5.41) is 2.82.